The second-order valence-electron chi connectivity index (χ2n) is 5.91. The number of nitrogens with zero attached hydrogens (tertiary/aromatic N) is 1. The van der Waals surface area contributed by atoms with E-state index >= 15 is 0 Å². The van der Waals surface area contributed by atoms with Crippen molar-refractivity contribution in [3.05, 3.63) is 35.6 Å². The van der Waals surface area contributed by atoms with E-state index in [-0.39, 0.29) is 17.9 Å². The van der Waals surface area contributed by atoms with E-state index in [0.29, 0.717) is 38.0 Å². The van der Waals surface area contributed by atoms with E-state index in [1.807, 2.05) is 6.07 Å². The van der Waals surface area contributed by atoms with Gasteiger partial charge in [0.05, 0.1) is 18.8 Å². The van der Waals surface area contributed by atoms with Crippen LogP contribution in [-0.2, 0) is 11.2 Å². The Kier molecular flexibility index (Phi) is 3.33. The summed E-state index contributed by atoms with van der Waals surface area (Å²) >= 11 is 0. The molecule has 2 saturated heterocycles. The van der Waals surface area contributed by atoms with Crippen LogP contribution in [0.1, 0.15) is 18.4 Å². The Morgan fingerprint density at radius 2 is 1.95 bits per heavy atom. The van der Waals surface area contributed by atoms with E-state index in [9.17, 15) is 9.50 Å². The molecule has 2 heterocycles. The largest absolute Gasteiger partial charge is 0.389 e. The minimum Gasteiger partial charge on any atom is -0.389 e. The summed E-state index contributed by atoms with van der Waals surface area (Å²) < 4.78 is 19.3. The molecule has 2 fully saturated rings. The first-order chi connectivity index (χ1) is 9.07. The Hall–Kier alpha value is -0.970. The Morgan fingerprint density at radius 3 is 2.58 bits per heavy atom. The molecule has 104 valence electrons. The minimum atomic E-state index is -0.812. The van der Waals surface area contributed by atoms with Crippen LogP contribution in [0.4, 0.5) is 4.39 Å². The molecule has 3 rings (SSSR count). The number of ether oxygens (including phenoxy) is 1. The third kappa shape index (κ3) is 2.53. The SMILES string of the molecule is CN1C2COCC1CC(O)(Cc1ccccc1F)C2. The molecule has 1 aromatic rings. The van der Waals surface area contributed by atoms with Gasteiger partial charge in [0.15, 0.2) is 0 Å². The van der Waals surface area contributed by atoms with E-state index in [1.54, 1.807) is 12.1 Å². The topological polar surface area (TPSA) is 32.7 Å². The second-order valence-corrected chi connectivity index (χ2v) is 5.91. The first-order valence-electron chi connectivity index (χ1n) is 6.83. The zero-order valence-electron chi connectivity index (χ0n) is 11.2. The first kappa shape index (κ1) is 13.0. The molecule has 0 aromatic heterocycles. The summed E-state index contributed by atoms with van der Waals surface area (Å²) in [7, 11) is 2.08. The van der Waals surface area contributed by atoms with Crippen LogP contribution in [0.5, 0.6) is 0 Å². The van der Waals surface area contributed by atoms with Gasteiger partial charge in [-0.05, 0) is 31.5 Å². The third-order valence-electron chi connectivity index (χ3n) is 4.48. The lowest BCUT2D eigenvalue weighted by Gasteiger charge is -2.50. The van der Waals surface area contributed by atoms with Crippen LogP contribution < -0.4 is 0 Å². The summed E-state index contributed by atoms with van der Waals surface area (Å²) in [5.41, 5.74) is -0.207. The van der Waals surface area contributed by atoms with Gasteiger partial charge in [-0.25, -0.2) is 4.39 Å². The maximum absolute atomic E-state index is 13.7. The maximum atomic E-state index is 13.7. The van der Waals surface area contributed by atoms with E-state index in [2.05, 4.69) is 11.9 Å². The highest BCUT2D eigenvalue weighted by molar-refractivity contribution is 5.20. The van der Waals surface area contributed by atoms with Crippen LogP contribution in [0.25, 0.3) is 0 Å². The number of morpholine rings is 1. The van der Waals surface area contributed by atoms with Gasteiger partial charge in [0, 0.05) is 18.5 Å². The Bertz CT molecular complexity index is 451. The van der Waals surface area contributed by atoms with Crippen LogP contribution in [-0.4, -0.2) is 48.0 Å². The number of hydrogen-bond donors (Lipinski definition) is 1. The number of hydrogen-bond acceptors (Lipinski definition) is 3. The van der Waals surface area contributed by atoms with Gasteiger partial charge in [-0.15, -0.1) is 0 Å². The van der Waals surface area contributed by atoms with Crippen LogP contribution >= 0.6 is 0 Å². The number of piperidine rings is 1. The molecule has 0 aliphatic carbocycles. The molecule has 2 aliphatic rings. The summed E-state index contributed by atoms with van der Waals surface area (Å²) in [5, 5.41) is 10.8. The van der Waals surface area contributed by atoms with Gasteiger partial charge < -0.3 is 9.84 Å². The van der Waals surface area contributed by atoms with Gasteiger partial charge in [0.1, 0.15) is 5.82 Å². The van der Waals surface area contributed by atoms with Crippen LogP contribution in [0.3, 0.4) is 0 Å². The summed E-state index contributed by atoms with van der Waals surface area (Å²) in [5.74, 6) is -0.226. The number of rotatable bonds is 2. The van der Waals surface area contributed by atoms with Gasteiger partial charge >= 0.3 is 0 Å². The second kappa shape index (κ2) is 4.85. The van der Waals surface area contributed by atoms with Crippen molar-refractivity contribution in [3.63, 3.8) is 0 Å². The van der Waals surface area contributed by atoms with Crippen molar-refractivity contribution >= 4 is 0 Å². The normalized spacial score (nSPS) is 35.3. The Labute approximate surface area is 113 Å². The van der Waals surface area contributed by atoms with Gasteiger partial charge in [-0.1, -0.05) is 18.2 Å². The lowest BCUT2D eigenvalue weighted by atomic mass is 9.78. The smallest absolute Gasteiger partial charge is 0.126 e. The van der Waals surface area contributed by atoms with Crippen molar-refractivity contribution in [1.29, 1.82) is 0 Å². The number of fused-ring (bicyclic) bond motifs is 2. The van der Waals surface area contributed by atoms with Crippen LogP contribution in [0.2, 0.25) is 0 Å². The fraction of sp³-hybridized carbons (Fsp3) is 0.600. The third-order valence-corrected chi connectivity index (χ3v) is 4.48. The van der Waals surface area contributed by atoms with Gasteiger partial charge in [0.25, 0.3) is 0 Å². The zero-order valence-corrected chi connectivity index (χ0v) is 11.2. The molecular weight excluding hydrogens is 245 g/mol. The molecular formula is C15H20FNO2. The number of likely N-dealkylation sites (N-methyl/N-ethyl adjacent to an activating group) is 1. The average Bonchev–Trinajstić information content (AvgIpc) is 2.35. The van der Waals surface area contributed by atoms with Crippen molar-refractivity contribution in [2.75, 3.05) is 20.3 Å². The van der Waals surface area contributed by atoms with Crippen molar-refractivity contribution in [3.8, 4) is 0 Å². The van der Waals surface area contributed by atoms with Crippen molar-refractivity contribution < 1.29 is 14.2 Å². The highest BCUT2D eigenvalue weighted by Gasteiger charge is 2.44. The Morgan fingerprint density at radius 1 is 1.32 bits per heavy atom. The van der Waals surface area contributed by atoms with Gasteiger partial charge in [-0.2, -0.15) is 0 Å². The molecule has 1 N–H and O–H groups in total. The average molecular weight is 265 g/mol. The molecule has 3 nitrogen and oxygen atoms in total. The van der Waals surface area contributed by atoms with Crippen molar-refractivity contribution in [2.45, 2.75) is 36.9 Å². The van der Waals surface area contributed by atoms with E-state index in [4.69, 9.17) is 4.74 Å². The Balaban J connectivity index is 1.79. The molecule has 1 aromatic carbocycles. The number of benzene rings is 1. The quantitative estimate of drug-likeness (QED) is 0.881. The van der Waals surface area contributed by atoms with Gasteiger partial charge in [0.2, 0.25) is 0 Å². The standard InChI is InChI=1S/C15H20FNO2/c1-17-12-7-15(18,8-13(17)10-19-9-12)6-11-4-2-3-5-14(11)16/h2-5,12-13,18H,6-10H2,1H3. The highest BCUT2D eigenvalue weighted by Crippen LogP contribution is 2.35. The molecule has 4 heteroatoms. The fourth-order valence-electron chi connectivity index (χ4n) is 3.38. The molecule has 0 radical (unpaired) electrons. The molecule has 2 aliphatic heterocycles. The molecule has 2 atom stereocenters. The summed E-state index contributed by atoms with van der Waals surface area (Å²) in [6.45, 7) is 1.32. The maximum Gasteiger partial charge on any atom is 0.126 e. The van der Waals surface area contributed by atoms with Crippen molar-refractivity contribution in [1.82, 2.24) is 4.90 Å². The first-order valence-corrected chi connectivity index (χ1v) is 6.83. The fourth-order valence-corrected chi connectivity index (χ4v) is 3.38. The molecule has 0 saturated carbocycles. The van der Waals surface area contributed by atoms with E-state index in [1.165, 1.54) is 6.07 Å². The predicted octanol–water partition coefficient (Wildman–Crippen LogP) is 1.59. The number of halogens is 1. The van der Waals surface area contributed by atoms with E-state index in [0.717, 1.165) is 0 Å². The van der Waals surface area contributed by atoms with Gasteiger partial charge in [-0.3, -0.25) is 4.90 Å². The van der Waals surface area contributed by atoms with Crippen molar-refractivity contribution in [2.24, 2.45) is 0 Å². The lowest BCUT2D eigenvalue weighted by Crippen LogP contribution is -2.60. The molecule has 2 unspecified atom stereocenters. The summed E-state index contributed by atoms with van der Waals surface area (Å²) in [6.07, 6.45) is 1.68. The molecule has 2 bridgehead atoms. The monoisotopic (exact) mass is 265 g/mol. The minimum absolute atomic E-state index is 0.226. The summed E-state index contributed by atoms with van der Waals surface area (Å²) in [6, 6.07) is 7.20. The zero-order chi connectivity index (χ0) is 13.5. The molecule has 19 heavy (non-hydrogen) atoms. The molecule has 0 amide bonds. The molecule has 0 spiro atoms. The number of aliphatic hydroxyl groups is 1. The lowest BCUT2D eigenvalue weighted by molar-refractivity contribution is -0.133. The van der Waals surface area contributed by atoms with Crippen LogP contribution in [0.15, 0.2) is 24.3 Å². The van der Waals surface area contributed by atoms with Crippen LogP contribution in [0, 0.1) is 5.82 Å². The predicted molar refractivity (Wildman–Crippen MR) is 70.4 cm³/mol. The van der Waals surface area contributed by atoms with E-state index < -0.39 is 5.60 Å². The summed E-state index contributed by atoms with van der Waals surface area (Å²) in [4.78, 5) is 2.29. The highest BCUT2D eigenvalue weighted by atomic mass is 19.1.